The molecular formula is C25H27N5O3. The fourth-order valence-corrected chi connectivity index (χ4v) is 6.52. The van der Waals surface area contributed by atoms with Crippen molar-refractivity contribution in [1.29, 1.82) is 0 Å². The SMILES string of the molecule is O=C1CC[C@@H]2C[C@@]3(C[C@@H]4CCN1[C@H]24)Nc1cc([N+](=O)[O-])ccc1NC3=NCc1ccccc1. The normalized spacial score (nSPS) is 31.0. The summed E-state index contributed by atoms with van der Waals surface area (Å²) in [5.41, 5.74) is 2.36. The Kier molecular flexibility index (Phi) is 4.64. The van der Waals surface area contributed by atoms with Crippen LogP contribution in [-0.4, -0.2) is 39.7 Å². The van der Waals surface area contributed by atoms with Gasteiger partial charge in [-0.05, 0) is 49.1 Å². The zero-order valence-electron chi connectivity index (χ0n) is 18.4. The molecular weight excluding hydrogens is 418 g/mol. The first-order valence-electron chi connectivity index (χ1n) is 11.7. The van der Waals surface area contributed by atoms with Crippen molar-refractivity contribution >= 4 is 28.8 Å². The molecule has 1 aliphatic carbocycles. The first kappa shape index (κ1) is 20.2. The number of anilines is 2. The number of piperidine rings is 1. The van der Waals surface area contributed by atoms with Crippen LogP contribution in [0.1, 0.15) is 37.7 Å². The van der Waals surface area contributed by atoms with E-state index in [0.717, 1.165) is 55.0 Å². The maximum atomic E-state index is 12.5. The number of nitrogens with one attached hydrogen (secondary N) is 2. The van der Waals surface area contributed by atoms with E-state index in [9.17, 15) is 14.9 Å². The van der Waals surface area contributed by atoms with Crippen molar-refractivity contribution in [3.63, 3.8) is 0 Å². The van der Waals surface area contributed by atoms with Crippen molar-refractivity contribution in [2.75, 3.05) is 17.2 Å². The standard InChI is InChI=1S/C25H27N5O3/c31-22-9-6-17-13-25(14-18-10-11-29(22)23(17)18)24(26-15-16-4-2-1-3-5-16)27-20-8-7-19(30(32)33)12-21(20)28-25/h1-5,7-8,12,17-18,23,28H,6,9-11,13-15H2,(H,26,27)/t17-,18+,23-,25+/m1/s1. The predicted molar refractivity (Wildman–Crippen MR) is 126 cm³/mol. The van der Waals surface area contributed by atoms with Gasteiger partial charge in [-0.1, -0.05) is 30.3 Å². The van der Waals surface area contributed by atoms with E-state index < -0.39 is 5.54 Å². The van der Waals surface area contributed by atoms with Crippen LogP contribution in [0.3, 0.4) is 0 Å². The highest BCUT2D eigenvalue weighted by Gasteiger charge is 2.56. The highest BCUT2D eigenvalue weighted by Crippen LogP contribution is 2.51. The first-order chi connectivity index (χ1) is 16.0. The summed E-state index contributed by atoms with van der Waals surface area (Å²) >= 11 is 0. The molecule has 170 valence electrons. The Bertz CT molecular complexity index is 1150. The number of amides is 1. The van der Waals surface area contributed by atoms with Crippen LogP contribution in [0.4, 0.5) is 17.1 Å². The van der Waals surface area contributed by atoms with E-state index in [2.05, 4.69) is 27.7 Å². The van der Waals surface area contributed by atoms with E-state index in [-0.39, 0.29) is 10.6 Å². The molecule has 2 aromatic carbocycles. The van der Waals surface area contributed by atoms with Crippen molar-refractivity contribution in [2.24, 2.45) is 16.8 Å². The molecule has 3 heterocycles. The molecule has 0 unspecified atom stereocenters. The van der Waals surface area contributed by atoms with Crippen molar-refractivity contribution in [3.05, 3.63) is 64.2 Å². The minimum absolute atomic E-state index is 0.0758. The van der Waals surface area contributed by atoms with Gasteiger partial charge in [0.05, 0.1) is 28.4 Å². The lowest BCUT2D eigenvalue weighted by molar-refractivity contribution is -0.384. The molecule has 8 nitrogen and oxygen atoms in total. The fourth-order valence-electron chi connectivity index (χ4n) is 6.52. The second-order valence-electron chi connectivity index (χ2n) is 9.80. The lowest BCUT2D eigenvalue weighted by atomic mass is 9.64. The Balaban J connectivity index is 1.39. The number of carbonyl (C=O) groups excluding carboxylic acids is 1. The van der Waals surface area contributed by atoms with Crippen LogP contribution in [0.2, 0.25) is 0 Å². The van der Waals surface area contributed by atoms with Crippen LogP contribution in [0.25, 0.3) is 0 Å². The third-order valence-corrected chi connectivity index (χ3v) is 7.89. The topological polar surface area (TPSA) is 99.9 Å². The zero-order valence-corrected chi connectivity index (χ0v) is 18.4. The molecule has 2 aromatic rings. The molecule has 4 atom stereocenters. The number of nitrogens with zero attached hydrogens (tertiary/aromatic N) is 3. The number of amidine groups is 1. The molecule has 33 heavy (non-hydrogen) atoms. The second kappa shape index (κ2) is 7.57. The molecule has 0 bridgehead atoms. The average Bonchev–Trinajstić information content (AvgIpc) is 3.25. The van der Waals surface area contributed by atoms with Crippen LogP contribution in [0.5, 0.6) is 0 Å². The Hall–Kier alpha value is -3.42. The molecule has 8 heteroatoms. The number of hydrogen-bond donors (Lipinski definition) is 2. The molecule has 1 saturated carbocycles. The number of non-ortho nitro benzene ring substituents is 1. The van der Waals surface area contributed by atoms with E-state index >= 15 is 0 Å². The fraction of sp³-hybridized carbons (Fsp3) is 0.440. The quantitative estimate of drug-likeness (QED) is 0.545. The Morgan fingerprint density at radius 2 is 1.88 bits per heavy atom. The number of nitro benzene ring substituents is 1. The number of rotatable bonds is 3. The van der Waals surface area contributed by atoms with Gasteiger partial charge in [0.15, 0.2) is 0 Å². The summed E-state index contributed by atoms with van der Waals surface area (Å²) in [6.07, 6.45) is 4.23. The number of nitro groups is 1. The summed E-state index contributed by atoms with van der Waals surface area (Å²) in [6.45, 7) is 1.41. The zero-order chi connectivity index (χ0) is 22.6. The summed E-state index contributed by atoms with van der Waals surface area (Å²) in [4.78, 5) is 30.7. The molecule has 1 amide bonds. The van der Waals surface area contributed by atoms with Crippen LogP contribution in [-0.2, 0) is 11.3 Å². The van der Waals surface area contributed by atoms with Gasteiger partial charge >= 0.3 is 0 Å². The number of fused-ring (bicyclic) bond motifs is 1. The monoisotopic (exact) mass is 445 g/mol. The van der Waals surface area contributed by atoms with Crippen molar-refractivity contribution in [3.8, 4) is 0 Å². The summed E-state index contributed by atoms with van der Waals surface area (Å²) in [5.74, 6) is 2.01. The molecule has 2 saturated heterocycles. The van der Waals surface area contributed by atoms with Gasteiger partial charge in [0, 0.05) is 31.1 Å². The largest absolute Gasteiger partial charge is 0.371 e. The number of hydrogen-bond acceptors (Lipinski definition) is 5. The highest BCUT2D eigenvalue weighted by molar-refractivity contribution is 6.10. The van der Waals surface area contributed by atoms with Crippen molar-refractivity contribution in [1.82, 2.24) is 4.90 Å². The number of benzene rings is 2. The molecule has 0 radical (unpaired) electrons. The van der Waals surface area contributed by atoms with Gasteiger partial charge in [0.25, 0.3) is 5.69 Å². The van der Waals surface area contributed by atoms with E-state index in [1.54, 1.807) is 12.1 Å². The number of carbonyl (C=O) groups is 1. The smallest absolute Gasteiger partial charge is 0.271 e. The highest BCUT2D eigenvalue weighted by atomic mass is 16.6. The molecule has 3 fully saturated rings. The molecule has 3 aliphatic heterocycles. The van der Waals surface area contributed by atoms with Crippen LogP contribution >= 0.6 is 0 Å². The molecule has 6 rings (SSSR count). The summed E-state index contributed by atoms with van der Waals surface area (Å²) in [7, 11) is 0. The van der Waals surface area contributed by atoms with Gasteiger partial charge in [-0.15, -0.1) is 0 Å². The third-order valence-electron chi connectivity index (χ3n) is 7.89. The lowest BCUT2D eigenvalue weighted by Crippen LogP contribution is -2.62. The predicted octanol–water partition coefficient (Wildman–Crippen LogP) is 4.19. The maximum absolute atomic E-state index is 12.5. The van der Waals surface area contributed by atoms with Gasteiger partial charge in [0.1, 0.15) is 5.84 Å². The van der Waals surface area contributed by atoms with E-state index in [1.165, 1.54) is 6.07 Å². The van der Waals surface area contributed by atoms with Gasteiger partial charge in [0.2, 0.25) is 5.91 Å². The Labute approximate surface area is 192 Å². The van der Waals surface area contributed by atoms with Crippen LogP contribution < -0.4 is 10.6 Å². The maximum Gasteiger partial charge on any atom is 0.271 e. The van der Waals surface area contributed by atoms with Crippen LogP contribution in [0, 0.1) is 22.0 Å². The Morgan fingerprint density at radius 1 is 1.09 bits per heavy atom. The van der Waals surface area contributed by atoms with Gasteiger partial charge in [-0.25, -0.2) is 0 Å². The average molecular weight is 446 g/mol. The number of aliphatic imine (C=N–C) groups is 1. The lowest BCUT2D eigenvalue weighted by Gasteiger charge is -2.52. The first-order valence-corrected chi connectivity index (χ1v) is 11.7. The van der Waals surface area contributed by atoms with E-state index in [4.69, 9.17) is 4.99 Å². The minimum Gasteiger partial charge on any atom is -0.371 e. The van der Waals surface area contributed by atoms with Crippen molar-refractivity contribution < 1.29 is 9.72 Å². The minimum atomic E-state index is -0.417. The summed E-state index contributed by atoms with van der Waals surface area (Å²) < 4.78 is 0. The molecule has 4 aliphatic rings. The van der Waals surface area contributed by atoms with E-state index in [1.807, 2.05) is 18.2 Å². The second-order valence-corrected chi connectivity index (χ2v) is 9.80. The van der Waals surface area contributed by atoms with E-state index in [0.29, 0.717) is 36.8 Å². The molecule has 2 N–H and O–H groups in total. The van der Waals surface area contributed by atoms with Gasteiger partial charge in [-0.2, -0.15) is 0 Å². The summed E-state index contributed by atoms with van der Waals surface area (Å²) in [5, 5.41) is 18.7. The van der Waals surface area contributed by atoms with Gasteiger partial charge < -0.3 is 15.5 Å². The van der Waals surface area contributed by atoms with Crippen molar-refractivity contribution in [2.45, 2.75) is 50.2 Å². The van der Waals surface area contributed by atoms with Gasteiger partial charge in [-0.3, -0.25) is 19.9 Å². The van der Waals surface area contributed by atoms with Crippen LogP contribution in [0.15, 0.2) is 53.5 Å². The Morgan fingerprint density at radius 3 is 2.67 bits per heavy atom. The molecule has 1 spiro atoms. The third kappa shape index (κ3) is 3.35. The summed E-state index contributed by atoms with van der Waals surface area (Å²) in [6, 6.07) is 15.4. The molecule has 0 aromatic heterocycles.